The van der Waals surface area contributed by atoms with Gasteiger partial charge >= 0.3 is 5.97 Å². The smallest absolute Gasteiger partial charge is 0.308 e. The number of amides is 1. The third-order valence-electron chi connectivity index (χ3n) is 3.87. The first-order chi connectivity index (χ1) is 15.4. The zero-order valence-corrected chi connectivity index (χ0v) is 20.4. The quantitative estimate of drug-likeness (QED) is 0.143. The molecule has 2 aromatic carbocycles. The van der Waals surface area contributed by atoms with Gasteiger partial charge in [0.2, 0.25) is 0 Å². The highest BCUT2D eigenvalue weighted by molar-refractivity contribution is 8.03. The van der Waals surface area contributed by atoms with Gasteiger partial charge in [0.05, 0.1) is 11.5 Å². The number of carbonyl (C=O) groups is 2. The van der Waals surface area contributed by atoms with E-state index in [-0.39, 0.29) is 17.6 Å². The Bertz CT molecular complexity index is 1100. The van der Waals surface area contributed by atoms with E-state index in [2.05, 4.69) is 20.7 Å². The van der Waals surface area contributed by atoms with Gasteiger partial charge in [-0.15, -0.1) is 10.2 Å². The van der Waals surface area contributed by atoms with Gasteiger partial charge < -0.3 is 4.74 Å². The molecule has 0 unspecified atom stereocenters. The van der Waals surface area contributed by atoms with Gasteiger partial charge in [0, 0.05) is 17.7 Å². The largest absolute Gasteiger partial charge is 0.427 e. The zero-order valence-electron chi connectivity index (χ0n) is 17.2. The summed E-state index contributed by atoms with van der Waals surface area (Å²) in [5.41, 5.74) is 5.13. The van der Waals surface area contributed by atoms with E-state index < -0.39 is 0 Å². The topological polar surface area (TPSA) is 93.5 Å². The Morgan fingerprint density at radius 2 is 1.69 bits per heavy atom. The Kier molecular flexibility index (Phi) is 9.10. The number of ether oxygens (including phenoxy) is 1. The predicted molar refractivity (Wildman–Crippen MR) is 130 cm³/mol. The molecule has 1 N–H and O–H groups in total. The van der Waals surface area contributed by atoms with Gasteiger partial charge in [0.25, 0.3) is 5.91 Å². The molecule has 1 amide bonds. The first-order valence-corrected chi connectivity index (χ1v) is 12.5. The number of nitrogens with zero attached hydrogens (tertiary/aromatic N) is 3. The normalized spacial score (nSPS) is 11.3. The lowest BCUT2D eigenvalue weighted by molar-refractivity contribution is -0.131. The molecule has 0 aliphatic carbocycles. The Morgan fingerprint density at radius 3 is 2.34 bits per heavy atom. The summed E-state index contributed by atoms with van der Waals surface area (Å²) in [7, 11) is 0. The van der Waals surface area contributed by atoms with Gasteiger partial charge in [-0.05, 0) is 54.4 Å². The van der Waals surface area contributed by atoms with Crippen molar-refractivity contribution in [2.24, 2.45) is 5.10 Å². The van der Waals surface area contributed by atoms with Crippen molar-refractivity contribution in [3.05, 3.63) is 64.7 Å². The third kappa shape index (κ3) is 7.94. The van der Waals surface area contributed by atoms with Gasteiger partial charge in [-0.25, -0.2) is 5.43 Å². The fraction of sp³-hybridized carbons (Fsp3) is 0.190. The van der Waals surface area contributed by atoms with Gasteiger partial charge in [0.15, 0.2) is 8.68 Å². The van der Waals surface area contributed by atoms with Crippen LogP contribution in [0.4, 0.5) is 0 Å². The van der Waals surface area contributed by atoms with Gasteiger partial charge in [-0.1, -0.05) is 58.6 Å². The summed E-state index contributed by atoms with van der Waals surface area (Å²) in [6, 6.07) is 14.6. The second kappa shape index (κ2) is 12.0. The van der Waals surface area contributed by atoms with Crippen LogP contribution in [0.2, 0.25) is 5.02 Å². The summed E-state index contributed by atoms with van der Waals surface area (Å²) in [5, 5.41) is 13.1. The van der Waals surface area contributed by atoms with Crippen molar-refractivity contribution in [1.82, 2.24) is 15.6 Å². The van der Waals surface area contributed by atoms with Crippen LogP contribution in [0.15, 0.2) is 62.3 Å². The number of rotatable bonds is 9. The van der Waals surface area contributed by atoms with Crippen molar-refractivity contribution in [1.29, 1.82) is 0 Å². The van der Waals surface area contributed by atoms with Crippen LogP contribution in [0.3, 0.4) is 0 Å². The van der Waals surface area contributed by atoms with E-state index in [1.165, 1.54) is 30.0 Å². The van der Waals surface area contributed by atoms with Crippen LogP contribution in [-0.4, -0.2) is 33.5 Å². The number of nitrogens with one attached hydrogen (secondary N) is 1. The monoisotopic (exact) mass is 506 g/mol. The average Bonchev–Trinajstić information content (AvgIpc) is 3.23. The van der Waals surface area contributed by atoms with Crippen molar-refractivity contribution in [2.45, 2.75) is 28.3 Å². The van der Waals surface area contributed by atoms with Crippen LogP contribution >= 0.6 is 46.5 Å². The van der Waals surface area contributed by atoms with Gasteiger partial charge in [-0.2, -0.15) is 5.10 Å². The fourth-order valence-corrected chi connectivity index (χ4v) is 5.23. The number of hydrogen-bond acceptors (Lipinski definition) is 9. The van der Waals surface area contributed by atoms with E-state index in [1.807, 2.05) is 24.3 Å². The molecular formula is C21H19ClN4O3S3. The molecule has 0 fully saturated rings. The molecule has 0 atom stereocenters. The van der Waals surface area contributed by atoms with Crippen molar-refractivity contribution < 1.29 is 14.3 Å². The Hall–Kier alpha value is -2.40. The maximum absolute atomic E-state index is 12.1. The standard InChI is InChI=1S/C21H19ClN4O3S3/c1-13(16-5-9-18(10-6-16)29-14(2)27)23-24-19(28)12-31-21-26-25-20(32-21)30-11-15-3-7-17(22)8-4-15/h3-10H,11-12H2,1-2H3,(H,24,28). The second-order valence-corrected chi connectivity index (χ2v) is 10.2. The van der Waals surface area contributed by atoms with E-state index in [0.29, 0.717) is 16.5 Å². The summed E-state index contributed by atoms with van der Waals surface area (Å²) in [6.45, 7) is 3.13. The van der Waals surface area contributed by atoms with Crippen molar-refractivity contribution >= 4 is 64.0 Å². The van der Waals surface area contributed by atoms with Crippen molar-refractivity contribution in [3.63, 3.8) is 0 Å². The third-order valence-corrected chi connectivity index (χ3v) is 7.39. The lowest BCUT2D eigenvalue weighted by atomic mass is 10.1. The molecule has 1 heterocycles. The van der Waals surface area contributed by atoms with E-state index >= 15 is 0 Å². The van der Waals surface area contributed by atoms with Crippen LogP contribution in [0, 0.1) is 0 Å². The summed E-state index contributed by atoms with van der Waals surface area (Å²) < 4.78 is 6.56. The number of thioether (sulfide) groups is 2. The molecule has 11 heteroatoms. The number of aromatic nitrogens is 2. The molecule has 0 saturated heterocycles. The molecule has 0 spiro atoms. The highest BCUT2D eigenvalue weighted by Crippen LogP contribution is 2.30. The summed E-state index contributed by atoms with van der Waals surface area (Å²) in [5.74, 6) is 0.787. The van der Waals surface area contributed by atoms with Crippen LogP contribution < -0.4 is 10.2 Å². The van der Waals surface area contributed by atoms with Gasteiger partial charge in [0.1, 0.15) is 5.75 Å². The minimum absolute atomic E-state index is 0.179. The number of hydrogen-bond donors (Lipinski definition) is 1. The van der Waals surface area contributed by atoms with E-state index in [4.69, 9.17) is 16.3 Å². The molecule has 0 aliphatic heterocycles. The maximum atomic E-state index is 12.1. The van der Waals surface area contributed by atoms with E-state index in [1.54, 1.807) is 43.0 Å². The van der Waals surface area contributed by atoms with Crippen molar-refractivity contribution in [2.75, 3.05) is 5.75 Å². The molecule has 1 aromatic heterocycles. The number of esters is 1. The highest BCUT2D eigenvalue weighted by atomic mass is 35.5. The van der Waals surface area contributed by atoms with Crippen molar-refractivity contribution in [3.8, 4) is 5.75 Å². The van der Waals surface area contributed by atoms with Crippen LogP contribution in [0.1, 0.15) is 25.0 Å². The molecule has 3 rings (SSSR count). The zero-order chi connectivity index (χ0) is 22.9. The summed E-state index contributed by atoms with van der Waals surface area (Å²) >= 11 is 10.2. The Balaban J connectivity index is 1.43. The molecule has 32 heavy (non-hydrogen) atoms. The average molecular weight is 507 g/mol. The molecule has 0 radical (unpaired) electrons. The number of benzene rings is 2. The predicted octanol–water partition coefficient (Wildman–Crippen LogP) is 5.04. The SMILES string of the molecule is CC(=O)Oc1ccc(C(C)=NNC(=O)CSc2nnc(SCc3ccc(Cl)cc3)s2)cc1. The van der Waals surface area contributed by atoms with Crippen LogP contribution in [0.5, 0.6) is 5.75 Å². The Labute approximate surface area is 203 Å². The molecular weight excluding hydrogens is 488 g/mol. The number of carbonyl (C=O) groups excluding carboxylic acids is 2. The molecule has 7 nitrogen and oxygen atoms in total. The second-order valence-electron chi connectivity index (χ2n) is 6.39. The lowest BCUT2D eigenvalue weighted by Crippen LogP contribution is -2.21. The number of hydrazone groups is 1. The fourth-order valence-electron chi connectivity index (χ4n) is 2.34. The lowest BCUT2D eigenvalue weighted by Gasteiger charge is -2.04. The van der Waals surface area contributed by atoms with Gasteiger partial charge in [-0.3, -0.25) is 9.59 Å². The number of halogens is 1. The Morgan fingerprint density at radius 1 is 1.03 bits per heavy atom. The first-order valence-electron chi connectivity index (χ1n) is 9.34. The maximum Gasteiger partial charge on any atom is 0.308 e. The van der Waals surface area contributed by atoms with E-state index in [9.17, 15) is 9.59 Å². The minimum atomic E-state index is -0.379. The van der Waals surface area contributed by atoms with Crippen LogP contribution in [0.25, 0.3) is 0 Å². The van der Waals surface area contributed by atoms with E-state index in [0.717, 1.165) is 25.6 Å². The minimum Gasteiger partial charge on any atom is -0.427 e. The molecule has 0 aliphatic rings. The molecule has 3 aromatic rings. The first kappa shape index (κ1) is 24.2. The summed E-state index contributed by atoms with van der Waals surface area (Å²) in [4.78, 5) is 23.1. The highest BCUT2D eigenvalue weighted by Gasteiger charge is 2.09. The molecule has 166 valence electrons. The molecule has 0 bridgehead atoms. The molecule has 0 saturated carbocycles. The summed E-state index contributed by atoms with van der Waals surface area (Å²) in [6.07, 6.45) is 0. The van der Waals surface area contributed by atoms with Crippen LogP contribution in [-0.2, 0) is 15.3 Å².